The first-order valence-electron chi connectivity index (χ1n) is 4.25. The number of ether oxygens (including phenoxy) is 1. The van der Waals surface area contributed by atoms with Crippen LogP contribution >= 0.6 is 11.6 Å². The lowest BCUT2D eigenvalue weighted by molar-refractivity contribution is -0.135. The van der Waals surface area contributed by atoms with Gasteiger partial charge in [0.15, 0.2) is 0 Å². The number of hydrogen-bond donors (Lipinski definition) is 1. The second-order valence-electron chi connectivity index (χ2n) is 2.56. The molecule has 1 aromatic carbocycles. The summed E-state index contributed by atoms with van der Waals surface area (Å²) in [6.45, 7) is 4.48. The Morgan fingerprint density at radius 2 is 2.00 bits per heavy atom. The number of esters is 1. The van der Waals surface area contributed by atoms with Crippen molar-refractivity contribution in [2.24, 2.45) is 0 Å². The molecule has 0 heterocycles. The Kier molecular flexibility index (Phi) is 6.63. The van der Waals surface area contributed by atoms with E-state index in [9.17, 15) is 9.59 Å². The van der Waals surface area contributed by atoms with Crippen molar-refractivity contribution >= 4 is 23.5 Å². The van der Waals surface area contributed by atoms with Crippen molar-refractivity contribution in [2.75, 3.05) is 0 Å². The molecule has 0 spiro atoms. The fourth-order valence-electron chi connectivity index (χ4n) is 0.752. The van der Waals surface area contributed by atoms with Gasteiger partial charge in [0, 0.05) is 6.92 Å². The summed E-state index contributed by atoms with van der Waals surface area (Å²) in [7, 11) is 0. The lowest BCUT2D eigenvalue weighted by atomic mass is 10.2. The van der Waals surface area contributed by atoms with Gasteiger partial charge in [-0.25, -0.2) is 4.79 Å². The maximum atomic E-state index is 10.3. The number of carboxylic acids is 1. The third kappa shape index (κ3) is 5.82. The van der Waals surface area contributed by atoms with E-state index in [1.165, 1.54) is 13.0 Å². The first-order chi connectivity index (χ1) is 7.49. The van der Waals surface area contributed by atoms with Crippen LogP contribution in [0.25, 0.3) is 0 Å². The number of carbonyl (C=O) groups is 2. The minimum atomic E-state index is -0.995. The summed E-state index contributed by atoms with van der Waals surface area (Å²) in [6.07, 6.45) is 1.10. The molecule has 16 heavy (non-hydrogen) atoms. The van der Waals surface area contributed by atoms with Gasteiger partial charge in [-0.3, -0.25) is 4.79 Å². The van der Waals surface area contributed by atoms with E-state index in [1.807, 2.05) is 0 Å². The summed E-state index contributed by atoms with van der Waals surface area (Å²) in [6, 6.07) is 6.33. The number of carboxylic acid groups (broad SMARTS) is 1. The van der Waals surface area contributed by atoms with Gasteiger partial charge in [0.25, 0.3) is 0 Å². The van der Waals surface area contributed by atoms with E-state index in [-0.39, 0.29) is 16.6 Å². The first kappa shape index (κ1) is 14.2. The summed E-state index contributed by atoms with van der Waals surface area (Å²) in [5.41, 5.74) is 0.143. The Hall–Kier alpha value is -1.81. The van der Waals surface area contributed by atoms with Crippen LogP contribution in [0.5, 0.6) is 0 Å². The van der Waals surface area contributed by atoms with Crippen molar-refractivity contribution in [3.63, 3.8) is 0 Å². The third-order valence-corrected chi connectivity index (χ3v) is 1.68. The molecule has 1 rings (SSSR count). The molecule has 5 heteroatoms. The molecule has 0 fully saturated rings. The quantitative estimate of drug-likeness (QED) is 0.640. The Morgan fingerprint density at radius 1 is 1.44 bits per heavy atom. The maximum Gasteiger partial charge on any atom is 0.337 e. The van der Waals surface area contributed by atoms with Crippen LogP contribution in [0.15, 0.2) is 37.1 Å². The van der Waals surface area contributed by atoms with Crippen LogP contribution < -0.4 is 0 Å². The minimum absolute atomic E-state index is 0.143. The second-order valence-corrected chi connectivity index (χ2v) is 2.97. The highest BCUT2D eigenvalue weighted by Crippen LogP contribution is 2.13. The lowest BCUT2D eigenvalue weighted by Crippen LogP contribution is -1.95. The smallest absolute Gasteiger partial charge is 0.337 e. The van der Waals surface area contributed by atoms with Crippen LogP contribution in [0.4, 0.5) is 0 Å². The topological polar surface area (TPSA) is 63.6 Å². The van der Waals surface area contributed by atoms with Gasteiger partial charge in [0.05, 0.1) is 16.8 Å². The van der Waals surface area contributed by atoms with Crippen LogP contribution in [-0.2, 0) is 9.53 Å². The second kappa shape index (κ2) is 7.48. The molecule has 4 nitrogen and oxygen atoms in total. The molecule has 0 aromatic heterocycles. The fraction of sp³-hybridized carbons (Fsp3) is 0.0909. The van der Waals surface area contributed by atoms with Crippen molar-refractivity contribution in [3.8, 4) is 0 Å². The zero-order chi connectivity index (χ0) is 12.6. The Balaban J connectivity index is 0.000000325. The number of rotatable bonds is 2. The van der Waals surface area contributed by atoms with E-state index in [1.54, 1.807) is 18.2 Å². The standard InChI is InChI=1S/C7H5ClO2.C4H6O2/c8-6-4-2-1-3-5(6)7(9)10;1-3-6-4(2)5/h1-4H,(H,9,10);3H,1H2,2H3. The minimum Gasteiger partial charge on any atom is -0.478 e. The van der Waals surface area contributed by atoms with Gasteiger partial charge in [-0.2, -0.15) is 0 Å². The SMILES string of the molecule is C=COC(C)=O.O=C(O)c1ccccc1Cl. The van der Waals surface area contributed by atoms with E-state index in [0.717, 1.165) is 6.26 Å². The summed E-state index contributed by atoms with van der Waals surface area (Å²) in [4.78, 5) is 20.1. The Bertz CT molecular complexity index is 387. The molecular weight excluding hydrogens is 232 g/mol. The zero-order valence-electron chi connectivity index (χ0n) is 8.64. The molecule has 0 saturated heterocycles. The van der Waals surface area contributed by atoms with Gasteiger partial charge in [0.1, 0.15) is 0 Å². The normalized spacial score (nSPS) is 8.38. The number of halogens is 1. The van der Waals surface area contributed by atoms with E-state index in [4.69, 9.17) is 16.7 Å². The highest BCUT2D eigenvalue weighted by Gasteiger charge is 2.04. The average molecular weight is 243 g/mol. The van der Waals surface area contributed by atoms with Gasteiger partial charge in [-0.15, -0.1) is 0 Å². The van der Waals surface area contributed by atoms with Crippen LogP contribution in [-0.4, -0.2) is 17.0 Å². The molecule has 0 aliphatic carbocycles. The summed E-state index contributed by atoms with van der Waals surface area (Å²) in [5.74, 6) is -1.32. The van der Waals surface area contributed by atoms with Gasteiger partial charge in [0.2, 0.25) is 0 Å². The Morgan fingerprint density at radius 3 is 2.25 bits per heavy atom. The highest BCUT2D eigenvalue weighted by molar-refractivity contribution is 6.33. The van der Waals surface area contributed by atoms with Crippen molar-refractivity contribution in [2.45, 2.75) is 6.92 Å². The van der Waals surface area contributed by atoms with Crippen LogP contribution in [0.2, 0.25) is 5.02 Å². The predicted octanol–water partition coefficient (Wildman–Crippen LogP) is 2.73. The van der Waals surface area contributed by atoms with Crippen molar-refractivity contribution in [1.29, 1.82) is 0 Å². The van der Waals surface area contributed by atoms with E-state index >= 15 is 0 Å². The lowest BCUT2D eigenvalue weighted by Gasteiger charge is -1.94. The van der Waals surface area contributed by atoms with Crippen LogP contribution in [0.1, 0.15) is 17.3 Å². The maximum absolute atomic E-state index is 10.3. The van der Waals surface area contributed by atoms with Crippen molar-refractivity contribution in [1.82, 2.24) is 0 Å². The number of carbonyl (C=O) groups excluding carboxylic acids is 1. The molecule has 0 amide bonds. The molecule has 0 unspecified atom stereocenters. The highest BCUT2D eigenvalue weighted by atomic mass is 35.5. The van der Waals surface area contributed by atoms with Crippen LogP contribution in [0, 0.1) is 0 Å². The largest absolute Gasteiger partial charge is 0.478 e. The van der Waals surface area contributed by atoms with Crippen molar-refractivity contribution in [3.05, 3.63) is 47.7 Å². The van der Waals surface area contributed by atoms with Crippen LogP contribution in [0.3, 0.4) is 0 Å². The molecule has 1 aromatic rings. The molecule has 0 bridgehead atoms. The molecule has 0 atom stereocenters. The van der Waals surface area contributed by atoms with E-state index in [0.29, 0.717) is 0 Å². The molecule has 0 saturated carbocycles. The van der Waals surface area contributed by atoms with Crippen molar-refractivity contribution < 1.29 is 19.4 Å². The first-order valence-corrected chi connectivity index (χ1v) is 4.62. The van der Waals surface area contributed by atoms with Gasteiger partial charge < -0.3 is 9.84 Å². The molecule has 86 valence electrons. The summed E-state index contributed by atoms with van der Waals surface area (Å²) in [5, 5.41) is 8.75. The third-order valence-electron chi connectivity index (χ3n) is 1.35. The molecule has 0 aliphatic heterocycles. The Labute approximate surface area is 98.1 Å². The summed E-state index contributed by atoms with van der Waals surface area (Å²) < 4.78 is 4.17. The van der Waals surface area contributed by atoms with E-state index < -0.39 is 5.97 Å². The van der Waals surface area contributed by atoms with Gasteiger partial charge in [-0.1, -0.05) is 30.3 Å². The van der Waals surface area contributed by atoms with Gasteiger partial charge in [-0.05, 0) is 12.1 Å². The molecule has 0 aliphatic rings. The predicted molar refractivity (Wildman–Crippen MR) is 60.4 cm³/mol. The molecular formula is C11H11ClO4. The summed E-state index contributed by atoms with van der Waals surface area (Å²) >= 11 is 5.54. The average Bonchev–Trinajstić information content (AvgIpc) is 2.18. The molecule has 0 radical (unpaired) electrons. The van der Waals surface area contributed by atoms with Gasteiger partial charge >= 0.3 is 11.9 Å². The fourth-order valence-corrected chi connectivity index (χ4v) is 0.969. The monoisotopic (exact) mass is 242 g/mol. The number of hydrogen-bond acceptors (Lipinski definition) is 3. The van der Waals surface area contributed by atoms with E-state index in [2.05, 4.69) is 11.3 Å². The zero-order valence-corrected chi connectivity index (χ0v) is 9.40. The molecule has 1 N–H and O–H groups in total. The number of benzene rings is 1. The number of aromatic carboxylic acids is 1.